The van der Waals surface area contributed by atoms with Crippen LogP contribution in [-0.2, 0) is 14.3 Å². The third kappa shape index (κ3) is 6.16. The van der Waals surface area contributed by atoms with Crippen LogP contribution in [0.25, 0.3) is 16.8 Å². The van der Waals surface area contributed by atoms with Gasteiger partial charge in [-0.1, -0.05) is 28.9 Å². The van der Waals surface area contributed by atoms with Gasteiger partial charge in [0, 0.05) is 33.0 Å². The van der Waals surface area contributed by atoms with Gasteiger partial charge in [-0.2, -0.15) is 13.2 Å². The molecule has 1 atom stereocenters. The highest BCUT2D eigenvalue weighted by molar-refractivity contribution is 6.36. The van der Waals surface area contributed by atoms with Gasteiger partial charge < -0.3 is 24.0 Å². The Bertz CT molecular complexity index is 1100. The molecule has 0 bridgehead atoms. The molecule has 1 heterocycles. The van der Waals surface area contributed by atoms with Crippen LogP contribution in [0.5, 0.6) is 0 Å². The molecule has 34 heavy (non-hydrogen) atoms. The van der Waals surface area contributed by atoms with Crippen LogP contribution in [0.3, 0.4) is 0 Å². The fourth-order valence-electron chi connectivity index (χ4n) is 2.87. The van der Waals surface area contributed by atoms with Crippen molar-refractivity contribution >= 4 is 28.9 Å². The largest absolute Gasteiger partial charge is 0.456 e. The summed E-state index contributed by atoms with van der Waals surface area (Å²) in [6, 6.07) is 4.23. The number of carbonyl (C=O) groups is 2. The van der Waals surface area contributed by atoms with Gasteiger partial charge in [-0.15, -0.1) is 0 Å². The average Bonchev–Trinajstić information content (AvgIpc) is 3.13. The SMILES string of the molecule is COC(O)c1c(-c2cccc(C(=O)OC(C)(C)C)c2Cl)noc1/C(=C/N(C)C)C(=O)C(F)(F)F. The van der Waals surface area contributed by atoms with E-state index in [0.717, 1.165) is 13.3 Å². The monoisotopic (exact) mass is 504 g/mol. The number of hydrogen-bond donors (Lipinski definition) is 1. The molecule has 0 amide bonds. The maximum Gasteiger partial charge on any atom is 0.455 e. The Morgan fingerprint density at radius 3 is 2.35 bits per heavy atom. The number of aromatic nitrogens is 1. The lowest BCUT2D eigenvalue weighted by atomic mass is 9.98. The molecule has 2 aromatic rings. The molecule has 0 radical (unpaired) electrons. The molecule has 1 N–H and O–H groups in total. The summed E-state index contributed by atoms with van der Waals surface area (Å²) in [6.07, 6.45) is -6.20. The van der Waals surface area contributed by atoms with Crippen LogP contribution in [0.15, 0.2) is 28.9 Å². The lowest BCUT2D eigenvalue weighted by Crippen LogP contribution is -2.25. The number of hydrogen-bond acceptors (Lipinski definition) is 8. The molecule has 0 aliphatic heterocycles. The van der Waals surface area contributed by atoms with Gasteiger partial charge in [0.25, 0.3) is 5.78 Å². The molecule has 0 saturated carbocycles. The van der Waals surface area contributed by atoms with E-state index in [4.69, 9.17) is 25.6 Å². The van der Waals surface area contributed by atoms with Gasteiger partial charge in [0.1, 0.15) is 11.3 Å². The van der Waals surface area contributed by atoms with Gasteiger partial charge in [-0.25, -0.2) is 4.79 Å². The minimum absolute atomic E-state index is 0.0368. The smallest absolute Gasteiger partial charge is 0.455 e. The fraction of sp³-hybridized carbons (Fsp3) is 0.409. The third-order valence-electron chi connectivity index (χ3n) is 4.20. The van der Waals surface area contributed by atoms with E-state index in [1.54, 1.807) is 20.8 Å². The van der Waals surface area contributed by atoms with E-state index in [2.05, 4.69) is 5.16 Å². The van der Waals surface area contributed by atoms with E-state index in [-0.39, 0.29) is 27.4 Å². The molecular weight excluding hydrogens is 481 g/mol. The van der Waals surface area contributed by atoms with Gasteiger partial charge in [0.15, 0.2) is 12.1 Å². The number of methoxy groups -OCH3 is 1. The van der Waals surface area contributed by atoms with Crippen molar-refractivity contribution in [3.05, 3.63) is 46.3 Å². The number of halogens is 4. The number of nitrogens with zero attached hydrogens (tertiary/aromatic N) is 2. The molecular formula is C22H24ClF3N2O6. The molecule has 0 fully saturated rings. The summed E-state index contributed by atoms with van der Waals surface area (Å²) in [5.41, 5.74) is -2.35. The van der Waals surface area contributed by atoms with Crippen molar-refractivity contribution in [1.82, 2.24) is 10.1 Å². The first-order valence-corrected chi connectivity index (χ1v) is 10.2. The lowest BCUT2D eigenvalue weighted by Gasteiger charge is -2.20. The maximum absolute atomic E-state index is 13.3. The predicted octanol–water partition coefficient (Wildman–Crippen LogP) is 4.62. The van der Waals surface area contributed by atoms with Crippen molar-refractivity contribution in [2.24, 2.45) is 0 Å². The lowest BCUT2D eigenvalue weighted by molar-refractivity contribution is -0.164. The molecule has 0 spiro atoms. The zero-order chi connectivity index (χ0) is 26.0. The van der Waals surface area contributed by atoms with E-state index in [0.29, 0.717) is 0 Å². The quantitative estimate of drug-likeness (QED) is 0.331. The number of ether oxygens (including phenoxy) is 2. The minimum Gasteiger partial charge on any atom is -0.456 e. The number of rotatable bonds is 7. The summed E-state index contributed by atoms with van der Waals surface area (Å²) < 4.78 is 55.2. The number of carbonyl (C=O) groups excluding carboxylic acids is 2. The van der Waals surface area contributed by atoms with E-state index >= 15 is 0 Å². The molecule has 186 valence electrons. The number of aliphatic hydroxyl groups is 1. The van der Waals surface area contributed by atoms with Gasteiger partial charge in [0.2, 0.25) is 0 Å². The summed E-state index contributed by atoms with van der Waals surface area (Å²) in [5.74, 6) is -3.64. The first-order chi connectivity index (χ1) is 15.6. The highest BCUT2D eigenvalue weighted by Gasteiger charge is 2.44. The Hall–Kier alpha value is -2.89. The Labute approximate surface area is 198 Å². The molecule has 0 aliphatic rings. The molecule has 1 aromatic carbocycles. The van der Waals surface area contributed by atoms with Crippen LogP contribution in [-0.4, -0.2) is 59.9 Å². The summed E-state index contributed by atoms with van der Waals surface area (Å²) in [4.78, 5) is 25.9. The molecule has 0 saturated heterocycles. The number of allylic oxidation sites excluding steroid dienone is 1. The average molecular weight is 505 g/mol. The topological polar surface area (TPSA) is 102 Å². The Kier molecular flexibility index (Phi) is 8.18. The van der Waals surface area contributed by atoms with Gasteiger partial charge >= 0.3 is 12.1 Å². The first kappa shape index (κ1) is 27.4. The van der Waals surface area contributed by atoms with Crippen LogP contribution in [0, 0.1) is 0 Å². The maximum atomic E-state index is 13.3. The summed E-state index contributed by atoms with van der Waals surface area (Å²) in [6.45, 7) is 4.99. The normalized spacial score (nSPS) is 13.6. The molecule has 1 aromatic heterocycles. The highest BCUT2D eigenvalue weighted by Crippen LogP contribution is 2.40. The second-order valence-corrected chi connectivity index (χ2v) is 8.74. The zero-order valence-electron chi connectivity index (χ0n) is 19.3. The van der Waals surface area contributed by atoms with Crippen molar-refractivity contribution in [3.63, 3.8) is 0 Å². The van der Waals surface area contributed by atoms with Crippen LogP contribution in [0.1, 0.15) is 48.7 Å². The summed E-state index contributed by atoms with van der Waals surface area (Å²) >= 11 is 6.42. The predicted molar refractivity (Wildman–Crippen MR) is 117 cm³/mol. The number of ketones is 1. The van der Waals surface area contributed by atoms with Crippen molar-refractivity contribution in [2.45, 2.75) is 38.8 Å². The number of Topliss-reactive ketones (excluding diaryl/α,β-unsaturated/α-hetero) is 1. The van der Waals surface area contributed by atoms with E-state index in [9.17, 15) is 27.9 Å². The van der Waals surface area contributed by atoms with Crippen LogP contribution in [0.4, 0.5) is 13.2 Å². The Balaban J connectivity index is 2.76. The van der Waals surface area contributed by atoms with Crippen molar-refractivity contribution < 1.29 is 41.9 Å². The Morgan fingerprint density at radius 2 is 1.85 bits per heavy atom. The third-order valence-corrected chi connectivity index (χ3v) is 4.61. The molecule has 12 heteroatoms. The fourth-order valence-corrected chi connectivity index (χ4v) is 3.16. The number of esters is 1. The van der Waals surface area contributed by atoms with Crippen molar-refractivity contribution in [1.29, 1.82) is 0 Å². The van der Waals surface area contributed by atoms with Crippen LogP contribution >= 0.6 is 11.6 Å². The van der Waals surface area contributed by atoms with E-state index < -0.39 is 41.2 Å². The van der Waals surface area contributed by atoms with E-state index in [1.807, 2.05) is 0 Å². The molecule has 2 rings (SSSR count). The molecule has 1 unspecified atom stereocenters. The van der Waals surface area contributed by atoms with Crippen LogP contribution < -0.4 is 0 Å². The second kappa shape index (κ2) is 10.2. The number of alkyl halides is 3. The minimum atomic E-state index is -5.24. The first-order valence-electron chi connectivity index (χ1n) is 9.81. The van der Waals surface area contributed by atoms with E-state index in [1.165, 1.54) is 37.2 Å². The molecule has 8 nitrogen and oxygen atoms in total. The number of aliphatic hydroxyl groups excluding tert-OH is 1. The van der Waals surface area contributed by atoms with Crippen LogP contribution in [0.2, 0.25) is 5.02 Å². The number of benzene rings is 1. The van der Waals surface area contributed by atoms with Gasteiger partial charge in [0.05, 0.1) is 21.7 Å². The zero-order valence-corrected chi connectivity index (χ0v) is 20.0. The highest BCUT2D eigenvalue weighted by atomic mass is 35.5. The van der Waals surface area contributed by atoms with Crippen molar-refractivity contribution in [3.8, 4) is 11.3 Å². The Morgan fingerprint density at radius 1 is 1.24 bits per heavy atom. The van der Waals surface area contributed by atoms with Gasteiger partial charge in [-0.3, -0.25) is 4.79 Å². The van der Waals surface area contributed by atoms with Crippen molar-refractivity contribution in [2.75, 3.05) is 21.2 Å². The summed E-state index contributed by atoms with van der Waals surface area (Å²) in [5, 5.41) is 14.0. The standard InChI is InChI=1S/C22H24ClF3N2O6/c1-21(2,3)33-19(30)12-9-7-8-11(15(12)23)16-14(20(31)32-6)17(34-27-16)13(10-28(4)5)18(29)22(24,25)26/h7-10,20,31H,1-6H3/b13-10-. The van der Waals surface area contributed by atoms with Gasteiger partial charge in [-0.05, 0) is 26.8 Å². The molecule has 0 aliphatic carbocycles. The summed E-state index contributed by atoms with van der Waals surface area (Å²) in [7, 11) is 3.88. The second-order valence-electron chi connectivity index (χ2n) is 8.36.